The fourth-order valence-electron chi connectivity index (χ4n) is 1.83. The number of sulfonamides is 1. The molecule has 1 aromatic carbocycles. The lowest BCUT2D eigenvalue weighted by Crippen LogP contribution is -2.27. The third-order valence-corrected chi connectivity index (χ3v) is 5.19. The van der Waals surface area contributed by atoms with Gasteiger partial charge in [-0.15, -0.1) is 0 Å². The number of anilines is 1. The van der Waals surface area contributed by atoms with E-state index in [1.807, 2.05) is 0 Å². The predicted molar refractivity (Wildman–Crippen MR) is 78.0 cm³/mol. The van der Waals surface area contributed by atoms with Gasteiger partial charge in [0, 0.05) is 7.05 Å². The second-order valence-corrected chi connectivity index (χ2v) is 6.82. The molecule has 0 aliphatic rings. The smallest absolute Gasteiger partial charge is 0.246 e. The molecule has 1 aromatic heterocycles. The molecule has 0 aliphatic heterocycles. The zero-order valence-corrected chi connectivity index (χ0v) is 12.7. The molecule has 0 unspecified atom stereocenters. The van der Waals surface area contributed by atoms with E-state index in [1.54, 1.807) is 25.1 Å². The maximum atomic E-state index is 12.5. The van der Waals surface area contributed by atoms with Crippen LogP contribution in [0.15, 0.2) is 39.6 Å². The van der Waals surface area contributed by atoms with Crippen LogP contribution >= 0.6 is 11.6 Å². The van der Waals surface area contributed by atoms with Crippen molar-refractivity contribution >= 4 is 27.3 Å². The van der Waals surface area contributed by atoms with Crippen molar-refractivity contribution in [3.05, 3.63) is 46.9 Å². The van der Waals surface area contributed by atoms with E-state index in [-0.39, 0.29) is 22.2 Å². The zero-order valence-electron chi connectivity index (χ0n) is 11.1. The molecule has 2 rings (SSSR count). The van der Waals surface area contributed by atoms with E-state index in [0.717, 1.165) is 10.1 Å². The van der Waals surface area contributed by atoms with Gasteiger partial charge in [0.15, 0.2) is 0 Å². The lowest BCUT2D eigenvalue weighted by atomic mass is 10.3. The van der Waals surface area contributed by atoms with Crippen LogP contribution in [0.1, 0.15) is 11.5 Å². The second kappa shape index (κ2) is 5.47. The number of aryl methyl sites for hydroxylation is 1. The van der Waals surface area contributed by atoms with Gasteiger partial charge in [0.05, 0.1) is 17.3 Å². The minimum Gasteiger partial charge on any atom is -0.465 e. The molecular formula is C13H15ClN2O3S. The van der Waals surface area contributed by atoms with Crippen LogP contribution in [0.25, 0.3) is 0 Å². The van der Waals surface area contributed by atoms with E-state index >= 15 is 0 Å². The monoisotopic (exact) mass is 314 g/mol. The summed E-state index contributed by atoms with van der Waals surface area (Å²) < 4.78 is 31.5. The Bertz CT molecular complexity index is 705. The summed E-state index contributed by atoms with van der Waals surface area (Å²) in [6.07, 6.45) is 0. The van der Waals surface area contributed by atoms with E-state index in [1.165, 1.54) is 19.2 Å². The van der Waals surface area contributed by atoms with Crippen LogP contribution in [0.3, 0.4) is 0 Å². The van der Waals surface area contributed by atoms with Crippen LogP contribution in [-0.2, 0) is 16.6 Å². The van der Waals surface area contributed by atoms with Crippen LogP contribution in [0, 0.1) is 6.92 Å². The van der Waals surface area contributed by atoms with Gasteiger partial charge in [-0.25, -0.2) is 8.42 Å². The van der Waals surface area contributed by atoms with Gasteiger partial charge in [-0.2, -0.15) is 4.31 Å². The molecule has 0 atom stereocenters. The highest BCUT2D eigenvalue weighted by molar-refractivity contribution is 7.89. The largest absolute Gasteiger partial charge is 0.465 e. The summed E-state index contributed by atoms with van der Waals surface area (Å²) in [7, 11) is -2.32. The molecule has 0 bridgehead atoms. The quantitative estimate of drug-likeness (QED) is 0.880. The van der Waals surface area contributed by atoms with Crippen molar-refractivity contribution in [1.82, 2.24) is 4.31 Å². The summed E-state index contributed by atoms with van der Waals surface area (Å²) in [6.45, 7) is 1.91. The Balaban J connectivity index is 2.35. The minimum absolute atomic E-state index is 0.0764. The summed E-state index contributed by atoms with van der Waals surface area (Å²) in [4.78, 5) is -0.0764. The molecule has 108 valence electrons. The lowest BCUT2D eigenvalue weighted by molar-refractivity contribution is 0.397. The van der Waals surface area contributed by atoms with Crippen molar-refractivity contribution in [3.8, 4) is 0 Å². The summed E-state index contributed by atoms with van der Waals surface area (Å²) in [5.74, 6) is 1.28. The molecule has 2 aromatic rings. The highest BCUT2D eigenvalue weighted by Crippen LogP contribution is 2.30. The number of benzene rings is 1. The van der Waals surface area contributed by atoms with Gasteiger partial charge in [0.1, 0.15) is 16.4 Å². The average molecular weight is 315 g/mol. The van der Waals surface area contributed by atoms with Crippen molar-refractivity contribution in [2.75, 3.05) is 12.8 Å². The molecule has 0 aliphatic carbocycles. The lowest BCUT2D eigenvalue weighted by Gasteiger charge is -2.18. The molecule has 2 N–H and O–H groups in total. The van der Waals surface area contributed by atoms with Crippen LogP contribution in [0.5, 0.6) is 0 Å². The Morgan fingerprint density at radius 3 is 2.55 bits per heavy atom. The second-order valence-electron chi connectivity index (χ2n) is 4.43. The first-order chi connectivity index (χ1) is 9.32. The third-order valence-electron chi connectivity index (χ3n) is 2.84. The normalized spacial score (nSPS) is 12.0. The summed E-state index contributed by atoms with van der Waals surface area (Å²) >= 11 is 5.96. The molecule has 5 nitrogen and oxygen atoms in total. The third kappa shape index (κ3) is 2.82. The van der Waals surface area contributed by atoms with Crippen molar-refractivity contribution < 1.29 is 12.8 Å². The van der Waals surface area contributed by atoms with E-state index in [4.69, 9.17) is 21.8 Å². The summed E-state index contributed by atoms with van der Waals surface area (Å²) in [5.41, 5.74) is 5.85. The number of hydrogen-bond donors (Lipinski definition) is 1. The van der Waals surface area contributed by atoms with Gasteiger partial charge in [0.2, 0.25) is 10.0 Å². The van der Waals surface area contributed by atoms with Gasteiger partial charge in [-0.3, -0.25) is 0 Å². The Morgan fingerprint density at radius 1 is 1.30 bits per heavy atom. The van der Waals surface area contributed by atoms with Crippen molar-refractivity contribution in [2.24, 2.45) is 0 Å². The van der Waals surface area contributed by atoms with Crippen LogP contribution in [-0.4, -0.2) is 19.8 Å². The van der Waals surface area contributed by atoms with E-state index < -0.39 is 10.0 Å². The molecule has 0 fully saturated rings. The van der Waals surface area contributed by atoms with Crippen molar-refractivity contribution in [3.63, 3.8) is 0 Å². The standard InChI is InChI=1S/C13H15ClN2O3S/c1-9-6-7-10(19-9)8-16(2)20(17,18)13-11(14)4-3-5-12(13)15/h3-7H,8,15H2,1-2H3. The fourth-order valence-corrected chi connectivity index (χ4v) is 3.59. The fraction of sp³-hybridized carbons (Fsp3) is 0.231. The van der Waals surface area contributed by atoms with Gasteiger partial charge < -0.3 is 10.2 Å². The Kier molecular flexibility index (Phi) is 4.08. The first-order valence-corrected chi connectivity index (χ1v) is 7.70. The number of furan rings is 1. The number of nitrogens with two attached hydrogens (primary N) is 1. The first kappa shape index (κ1) is 14.9. The molecule has 7 heteroatoms. The van der Waals surface area contributed by atoms with Crippen molar-refractivity contribution in [1.29, 1.82) is 0 Å². The van der Waals surface area contributed by atoms with Crippen LogP contribution in [0.2, 0.25) is 5.02 Å². The molecular weight excluding hydrogens is 300 g/mol. The average Bonchev–Trinajstić information content (AvgIpc) is 2.74. The molecule has 0 saturated heterocycles. The Morgan fingerprint density at radius 2 is 2.00 bits per heavy atom. The predicted octanol–water partition coefficient (Wildman–Crippen LogP) is 2.64. The molecule has 0 amide bonds. The molecule has 20 heavy (non-hydrogen) atoms. The molecule has 0 saturated carbocycles. The van der Waals surface area contributed by atoms with Crippen LogP contribution in [0.4, 0.5) is 5.69 Å². The number of nitrogens with zero attached hydrogens (tertiary/aromatic N) is 1. The maximum Gasteiger partial charge on any atom is 0.246 e. The van der Waals surface area contributed by atoms with Gasteiger partial charge in [0.25, 0.3) is 0 Å². The number of rotatable bonds is 4. The Hall–Kier alpha value is -1.50. The van der Waals surface area contributed by atoms with Gasteiger partial charge >= 0.3 is 0 Å². The Labute approximate surface area is 123 Å². The molecule has 1 heterocycles. The van der Waals surface area contributed by atoms with E-state index in [9.17, 15) is 8.42 Å². The summed E-state index contributed by atoms with van der Waals surface area (Å²) in [5, 5.41) is 0.104. The summed E-state index contributed by atoms with van der Waals surface area (Å²) in [6, 6.07) is 8.11. The number of halogens is 1. The highest BCUT2D eigenvalue weighted by Gasteiger charge is 2.26. The number of hydrogen-bond acceptors (Lipinski definition) is 4. The topological polar surface area (TPSA) is 76.5 Å². The zero-order chi connectivity index (χ0) is 14.9. The van der Waals surface area contributed by atoms with Gasteiger partial charge in [-0.05, 0) is 31.2 Å². The SMILES string of the molecule is Cc1ccc(CN(C)S(=O)(=O)c2c(N)cccc2Cl)o1. The van der Waals surface area contributed by atoms with E-state index in [2.05, 4.69) is 0 Å². The van der Waals surface area contributed by atoms with Crippen LogP contribution < -0.4 is 5.73 Å². The minimum atomic E-state index is -3.77. The highest BCUT2D eigenvalue weighted by atomic mass is 35.5. The van der Waals surface area contributed by atoms with Crippen molar-refractivity contribution in [2.45, 2.75) is 18.4 Å². The van der Waals surface area contributed by atoms with E-state index in [0.29, 0.717) is 5.76 Å². The van der Waals surface area contributed by atoms with Gasteiger partial charge in [-0.1, -0.05) is 17.7 Å². The number of nitrogen functional groups attached to an aromatic ring is 1. The maximum absolute atomic E-state index is 12.5. The molecule has 0 spiro atoms. The molecule has 0 radical (unpaired) electrons. The first-order valence-electron chi connectivity index (χ1n) is 5.88.